The van der Waals surface area contributed by atoms with Gasteiger partial charge in [0.1, 0.15) is 11.9 Å². The van der Waals surface area contributed by atoms with E-state index < -0.39 is 0 Å². The summed E-state index contributed by atoms with van der Waals surface area (Å²) < 4.78 is 19.0. The molecule has 0 aliphatic carbocycles. The fourth-order valence-corrected chi connectivity index (χ4v) is 2.70. The maximum atomic E-state index is 13.4. The second-order valence-corrected chi connectivity index (χ2v) is 5.72. The molecule has 0 saturated heterocycles. The van der Waals surface area contributed by atoms with E-state index in [1.165, 1.54) is 17.7 Å². The Labute approximate surface area is 145 Å². The van der Waals surface area contributed by atoms with Crippen LogP contribution in [0.15, 0.2) is 59.0 Å². The van der Waals surface area contributed by atoms with Gasteiger partial charge in [0.2, 0.25) is 17.5 Å². The van der Waals surface area contributed by atoms with Crippen LogP contribution in [-0.2, 0) is 0 Å². The van der Waals surface area contributed by atoms with Crippen LogP contribution < -0.4 is 5.32 Å². The van der Waals surface area contributed by atoms with Crippen molar-refractivity contribution < 1.29 is 8.81 Å². The Kier molecular flexibility index (Phi) is 5.10. The zero-order valence-electron chi connectivity index (χ0n) is 13.9. The van der Waals surface area contributed by atoms with Crippen LogP contribution in [0.25, 0.3) is 11.5 Å². The molecule has 0 amide bonds. The molecule has 1 atom stereocenters. The fraction of sp³-hybridized carbons (Fsp3) is 0.200. The van der Waals surface area contributed by atoms with E-state index >= 15 is 0 Å². The smallest absolute Gasteiger partial charge is 0.232 e. The molecule has 1 aromatic heterocycles. The lowest BCUT2D eigenvalue weighted by Crippen LogP contribution is -2.12. The van der Waals surface area contributed by atoms with Gasteiger partial charge in [0, 0.05) is 18.0 Å². The van der Waals surface area contributed by atoms with Crippen molar-refractivity contribution in [1.29, 1.82) is 5.26 Å². The van der Waals surface area contributed by atoms with Gasteiger partial charge in [-0.2, -0.15) is 10.2 Å². The normalized spacial score (nSPS) is 11.7. The van der Waals surface area contributed by atoms with Gasteiger partial charge in [-0.1, -0.05) is 43.3 Å². The Morgan fingerprint density at radius 2 is 2.00 bits per heavy atom. The van der Waals surface area contributed by atoms with Crippen molar-refractivity contribution in [3.63, 3.8) is 0 Å². The van der Waals surface area contributed by atoms with E-state index in [9.17, 15) is 9.65 Å². The zero-order chi connectivity index (χ0) is 17.6. The van der Waals surface area contributed by atoms with Gasteiger partial charge in [-0.25, -0.2) is 4.39 Å². The van der Waals surface area contributed by atoms with Crippen molar-refractivity contribution in [2.24, 2.45) is 0 Å². The van der Waals surface area contributed by atoms with Gasteiger partial charge in [-0.15, -0.1) is 0 Å². The predicted molar refractivity (Wildman–Crippen MR) is 94.6 cm³/mol. The van der Waals surface area contributed by atoms with Gasteiger partial charge in [-0.3, -0.25) is 0 Å². The molecule has 0 radical (unpaired) electrons. The van der Waals surface area contributed by atoms with Crippen LogP contribution in [0.4, 0.5) is 10.3 Å². The summed E-state index contributed by atoms with van der Waals surface area (Å²) >= 11 is 0. The maximum Gasteiger partial charge on any atom is 0.232 e. The molecule has 2 aromatic carbocycles. The SMILES string of the molecule is CC[C@@H](CNc1oc(-c2cccc(F)c2)nc1C#N)c1ccccc1. The molecule has 0 unspecified atom stereocenters. The van der Waals surface area contributed by atoms with Crippen LogP contribution in [0.3, 0.4) is 0 Å². The van der Waals surface area contributed by atoms with Gasteiger partial charge < -0.3 is 9.73 Å². The van der Waals surface area contributed by atoms with E-state index in [1.54, 1.807) is 12.1 Å². The highest BCUT2D eigenvalue weighted by Crippen LogP contribution is 2.27. The molecule has 0 aliphatic heterocycles. The van der Waals surface area contributed by atoms with E-state index in [1.807, 2.05) is 24.3 Å². The highest BCUT2D eigenvalue weighted by atomic mass is 19.1. The Hall–Kier alpha value is -3.13. The first-order valence-corrected chi connectivity index (χ1v) is 8.17. The molecule has 0 fully saturated rings. The first-order valence-electron chi connectivity index (χ1n) is 8.17. The maximum absolute atomic E-state index is 13.4. The van der Waals surface area contributed by atoms with E-state index in [4.69, 9.17) is 4.42 Å². The molecular formula is C20H18FN3O. The quantitative estimate of drug-likeness (QED) is 0.692. The van der Waals surface area contributed by atoms with Crippen LogP contribution in [0.2, 0.25) is 0 Å². The molecule has 5 heteroatoms. The molecular weight excluding hydrogens is 317 g/mol. The monoisotopic (exact) mass is 335 g/mol. The van der Waals surface area contributed by atoms with Crippen LogP contribution in [0.1, 0.15) is 30.5 Å². The predicted octanol–water partition coefficient (Wildman–Crippen LogP) is 4.96. The molecule has 0 aliphatic rings. The number of nitriles is 1. The zero-order valence-corrected chi connectivity index (χ0v) is 13.9. The number of halogens is 1. The number of rotatable bonds is 6. The highest BCUT2D eigenvalue weighted by Gasteiger charge is 2.16. The summed E-state index contributed by atoms with van der Waals surface area (Å²) in [5.41, 5.74) is 1.89. The average Bonchev–Trinajstić information content (AvgIpc) is 3.06. The Morgan fingerprint density at radius 3 is 2.68 bits per heavy atom. The second kappa shape index (κ2) is 7.63. The second-order valence-electron chi connectivity index (χ2n) is 5.72. The topological polar surface area (TPSA) is 61.9 Å². The van der Waals surface area contributed by atoms with Crippen molar-refractivity contribution in [1.82, 2.24) is 4.98 Å². The van der Waals surface area contributed by atoms with Crippen LogP contribution in [0.5, 0.6) is 0 Å². The van der Waals surface area contributed by atoms with E-state index in [0.29, 0.717) is 18.0 Å². The number of oxazole rings is 1. The number of aromatic nitrogens is 1. The summed E-state index contributed by atoms with van der Waals surface area (Å²) in [4.78, 5) is 4.16. The van der Waals surface area contributed by atoms with Crippen molar-refractivity contribution in [2.75, 3.05) is 11.9 Å². The number of hydrogen-bond acceptors (Lipinski definition) is 4. The molecule has 25 heavy (non-hydrogen) atoms. The molecule has 4 nitrogen and oxygen atoms in total. The Morgan fingerprint density at radius 1 is 1.20 bits per heavy atom. The minimum absolute atomic E-state index is 0.169. The molecule has 1 heterocycles. The van der Waals surface area contributed by atoms with Crippen LogP contribution >= 0.6 is 0 Å². The molecule has 3 aromatic rings. The van der Waals surface area contributed by atoms with Gasteiger partial charge in [0.05, 0.1) is 0 Å². The third-order valence-electron chi connectivity index (χ3n) is 4.08. The number of hydrogen-bond donors (Lipinski definition) is 1. The highest BCUT2D eigenvalue weighted by molar-refractivity contribution is 5.58. The Bertz CT molecular complexity index is 883. The minimum Gasteiger partial charge on any atom is -0.419 e. The average molecular weight is 335 g/mol. The standard InChI is InChI=1S/C20H18FN3O/c1-2-14(15-7-4-3-5-8-15)13-23-20-18(12-22)24-19(25-20)16-9-6-10-17(21)11-16/h3-11,14,23H,2,13H2,1H3/t14-/m0/s1. The molecule has 3 rings (SSSR count). The van der Waals surface area contributed by atoms with Crippen LogP contribution in [-0.4, -0.2) is 11.5 Å². The molecule has 1 N–H and O–H groups in total. The fourth-order valence-electron chi connectivity index (χ4n) is 2.70. The van der Waals surface area contributed by atoms with Crippen molar-refractivity contribution in [3.8, 4) is 17.5 Å². The van der Waals surface area contributed by atoms with Crippen LogP contribution in [0, 0.1) is 17.1 Å². The van der Waals surface area contributed by atoms with Gasteiger partial charge in [0.15, 0.2) is 0 Å². The number of anilines is 1. The lowest BCUT2D eigenvalue weighted by Gasteiger charge is -2.15. The summed E-state index contributed by atoms with van der Waals surface area (Å²) in [6, 6.07) is 18.1. The van der Waals surface area contributed by atoms with E-state index in [-0.39, 0.29) is 23.3 Å². The third-order valence-corrected chi connectivity index (χ3v) is 4.08. The lowest BCUT2D eigenvalue weighted by atomic mass is 9.96. The summed E-state index contributed by atoms with van der Waals surface area (Å²) in [5.74, 6) is 0.455. The number of nitrogens with zero attached hydrogens (tertiary/aromatic N) is 2. The van der Waals surface area contributed by atoms with Crippen molar-refractivity contribution in [2.45, 2.75) is 19.3 Å². The Balaban J connectivity index is 1.79. The summed E-state index contributed by atoms with van der Waals surface area (Å²) in [7, 11) is 0. The molecule has 126 valence electrons. The van der Waals surface area contributed by atoms with Gasteiger partial charge in [0.25, 0.3) is 0 Å². The molecule has 0 saturated carbocycles. The van der Waals surface area contributed by atoms with Gasteiger partial charge >= 0.3 is 0 Å². The third kappa shape index (κ3) is 3.86. The minimum atomic E-state index is -0.376. The first-order chi connectivity index (χ1) is 12.2. The van der Waals surface area contributed by atoms with Crippen molar-refractivity contribution in [3.05, 3.63) is 71.7 Å². The first kappa shape index (κ1) is 16.7. The van der Waals surface area contributed by atoms with E-state index in [0.717, 1.165) is 6.42 Å². The number of benzene rings is 2. The summed E-state index contributed by atoms with van der Waals surface area (Å²) in [6.07, 6.45) is 0.948. The molecule has 0 spiro atoms. The summed E-state index contributed by atoms with van der Waals surface area (Å²) in [5, 5.41) is 12.5. The largest absolute Gasteiger partial charge is 0.419 e. The lowest BCUT2D eigenvalue weighted by molar-refractivity contribution is 0.575. The van der Waals surface area contributed by atoms with Crippen molar-refractivity contribution >= 4 is 5.88 Å². The van der Waals surface area contributed by atoms with Gasteiger partial charge in [-0.05, 0) is 30.2 Å². The summed E-state index contributed by atoms with van der Waals surface area (Å²) in [6.45, 7) is 2.73. The van der Waals surface area contributed by atoms with E-state index in [2.05, 4.69) is 29.4 Å². The number of nitrogens with one attached hydrogen (secondary N) is 1. The molecule has 0 bridgehead atoms.